The van der Waals surface area contributed by atoms with Gasteiger partial charge in [-0.25, -0.2) is 4.79 Å². The lowest BCUT2D eigenvalue weighted by atomic mass is 10.1. The maximum Gasteiger partial charge on any atom is 0.335 e. The average Bonchev–Trinajstić information content (AvgIpc) is 3.05. The fourth-order valence-electron chi connectivity index (χ4n) is 1.84. The molecule has 1 heterocycles. The summed E-state index contributed by atoms with van der Waals surface area (Å²) in [5.74, 6) is 0.0219. The van der Waals surface area contributed by atoms with Crippen molar-refractivity contribution in [3.63, 3.8) is 0 Å². The van der Waals surface area contributed by atoms with Crippen LogP contribution in [0.15, 0.2) is 24.3 Å². The highest BCUT2D eigenvalue weighted by molar-refractivity contribution is 5.87. The Bertz CT molecular complexity index is 554. The molecule has 0 spiro atoms. The van der Waals surface area contributed by atoms with Crippen molar-refractivity contribution in [2.45, 2.75) is 51.4 Å². The van der Waals surface area contributed by atoms with Gasteiger partial charge < -0.3 is 20.1 Å². The standard InChI is InChI=1S/C8H12O.C7H5NO4.C3H8O2/c1-2-3-5-8-6-4-7-9-8;9-7(10)5-1-3-6(4-2-5)8(11)12;1-3(2,4)5/h1,8H,3-7H2;1-4H,(H,9,10);4-5H,1-2H3. The van der Waals surface area contributed by atoms with Crippen LogP contribution in [0.2, 0.25) is 0 Å². The van der Waals surface area contributed by atoms with Crippen molar-refractivity contribution in [3.05, 3.63) is 39.9 Å². The molecule has 1 aliphatic rings. The third-order valence-corrected chi connectivity index (χ3v) is 2.96. The number of hydrogen-bond acceptors (Lipinski definition) is 6. The van der Waals surface area contributed by atoms with E-state index in [1.807, 2.05) is 0 Å². The molecular formula is C18H25NO7. The highest BCUT2D eigenvalue weighted by Gasteiger charge is 2.13. The van der Waals surface area contributed by atoms with E-state index in [0.717, 1.165) is 31.6 Å². The molecule has 1 aromatic carbocycles. The maximum absolute atomic E-state index is 10.3. The summed E-state index contributed by atoms with van der Waals surface area (Å²) in [6.45, 7) is 3.54. The number of nitrogens with zero attached hydrogens (tertiary/aromatic N) is 1. The number of hydrogen-bond donors (Lipinski definition) is 3. The number of rotatable bonds is 4. The predicted octanol–water partition coefficient (Wildman–Crippen LogP) is 2.58. The van der Waals surface area contributed by atoms with Crippen LogP contribution in [0.4, 0.5) is 5.69 Å². The Kier molecular flexibility index (Phi) is 10.8. The number of carboxylic acid groups (broad SMARTS) is 1. The van der Waals surface area contributed by atoms with Crippen LogP contribution in [-0.2, 0) is 4.74 Å². The second kappa shape index (κ2) is 12.0. The van der Waals surface area contributed by atoms with Crippen molar-refractivity contribution in [1.82, 2.24) is 0 Å². The van der Waals surface area contributed by atoms with Gasteiger partial charge in [-0.1, -0.05) is 0 Å². The van der Waals surface area contributed by atoms with Crippen LogP contribution in [0.3, 0.4) is 0 Å². The number of non-ortho nitro benzene ring substituents is 1. The molecule has 0 amide bonds. The monoisotopic (exact) mass is 367 g/mol. The molecular weight excluding hydrogens is 342 g/mol. The molecule has 26 heavy (non-hydrogen) atoms. The number of aromatic carboxylic acids is 1. The van der Waals surface area contributed by atoms with E-state index in [-0.39, 0.29) is 11.3 Å². The van der Waals surface area contributed by atoms with E-state index in [1.165, 1.54) is 38.8 Å². The van der Waals surface area contributed by atoms with Gasteiger partial charge in [-0.15, -0.1) is 12.3 Å². The van der Waals surface area contributed by atoms with Crippen molar-refractivity contribution < 1.29 is 29.8 Å². The molecule has 1 unspecified atom stereocenters. The summed E-state index contributed by atoms with van der Waals surface area (Å²) >= 11 is 0. The van der Waals surface area contributed by atoms with E-state index >= 15 is 0 Å². The quantitative estimate of drug-likeness (QED) is 0.323. The number of ether oxygens (including phenoxy) is 1. The summed E-state index contributed by atoms with van der Waals surface area (Å²) in [5.41, 5.74) is -0.0689. The molecule has 8 nitrogen and oxygen atoms in total. The minimum Gasteiger partial charge on any atom is -0.478 e. The number of nitro benzene ring substituents is 1. The normalized spacial score (nSPS) is 15.6. The van der Waals surface area contributed by atoms with Crippen LogP contribution in [0.1, 0.15) is 49.9 Å². The van der Waals surface area contributed by atoms with E-state index in [1.54, 1.807) is 0 Å². The number of carboxylic acids is 1. The minimum absolute atomic E-state index is 0.0422. The van der Waals surface area contributed by atoms with Gasteiger partial charge in [0.15, 0.2) is 5.79 Å². The molecule has 1 aliphatic heterocycles. The van der Waals surface area contributed by atoms with Gasteiger partial charge in [0.05, 0.1) is 16.6 Å². The Balaban J connectivity index is 0.000000394. The summed E-state index contributed by atoms with van der Waals surface area (Å²) < 4.78 is 5.36. The molecule has 1 atom stereocenters. The second-order valence-electron chi connectivity index (χ2n) is 5.98. The van der Waals surface area contributed by atoms with E-state index < -0.39 is 16.7 Å². The smallest absolute Gasteiger partial charge is 0.335 e. The summed E-state index contributed by atoms with van der Waals surface area (Å²) in [4.78, 5) is 19.9. The Labute approximate surface area is 152 Å². The first-order valence-corrected chi connectivity index (χ1v) is 8.02. The fourth-order valence-corrected chi connectivity index (χ4v) is 1.84. The van der Waals surface area contributed by atoms with Crippen molar-refractivity contribution in [1.29, 1.82) is 0 Å². The number of aliphatic hydroxyl groups is 2. The maximum atomic E-state index is 10.3. The van der Waals surface area contributed by atoms with Gasteiger partial charge in [0.2, 0.25) is 0 Å². The molecule has 8 heteroatoms. The van der Waals surface area contributed by atoms with Crippen LogP contribution in [-0.4, -0.2) is 44.7 Å². The predicted molar refractivity (Wildman–Crippen MR) is 95.6 cm³/mol. The largest absolute Gasteiger partial charge is 0.478 e. The van der Waals surface area contributed by atoms with E-state index in [4.69, 9.17) is 26.5 Å². The molecule has 0 bridgehead atoms. The van der Waals surface area contributed by atoms with Crippen molar-refractivity contribution in [3.8, 4) is 12.3 Å². The molecule has 144 valence electrons. The molecule has 2 rings (SSSR count). The lowest BCUT2D eigenvalue weighted by Gasteiger charge is -2.04. The molecule has 0 radical (unpaired) electrons. The third-order valence-electron chi connectivity index (χ3n) is 2.96. The van der Waals surface area contributed by atoms with Crippen molar-refractivity contribution in [2.75, 3.05) is 6.61 Å². The Morgan fingerprint density at radius 3 is 2.27 bits per heavy atom. The average molecular weight is 367 g/mol. The first-order valence-electron chi connectivity index (χ1n) is 8.02. The number of nitro groups is 1. The van der Waals surface area contributed by atoms with Crippen LogP contribution >= 0.6 is 0 Å². The highest BCUT2D eigenvalue weighted by atomic mass is 16.6. The van der Waals surface area contributed by atoms with Crippen molar-refractivity contribution in [2.24, 2.45) is 0 Å². The summed E-state index contributed by atoms with van der Waals surface area (Å²) in [6.07, 6.45) is 9.92. The van der Waals surface area contributed by atoms with Crippen LogP contribution in [0.5, 0.6) is 0 Å². The van der Waals surface area contributed by atoms with Crippen molar-refractivity contribution >= 4 is 11.7 Å². The SMILES string of the molecule is C#CCCC1CCCO1.CC(C)(O)O.O=C(O)c1ccc([N+](=O)[O-])cc1. The first kappa shape index (κ1) is 23.5. The van der Waals surface area contributed by atoms with E-state index in [2.05, 4.69) is 5.92 Å². The molecule has 1 aromatic rings. The summed E-state index contributed by atoms with van der Waals surface area (Å²) in [5, 5.41) is 34.7. The first-order chi connectivity index (χ1) is 12.0. The summed E-state index contributed by atoms with van der Waals surface area (Å²) in [6, 6.07) is 4.70. The van der Waals surface area contributed by atoms with Gasteiger partial charge in [-0.2, -0.15) is 0 Å². The van der Waals surface area contributed by atoms with Crippen LogP contribution in [0, 0.1) is 22.5 Å². The van der Waals surface area contributed by atoms with Gasteiger partial charge in [-0.3, -0.25) is 10.1 Å². The van der Waals surface area contributed by atoms with E-state index in [9.17, 15) is 14.9 Å². The Hall–Kier alpha value is -2.47. The topological polar surface area (TPSA) is 130 Å². The third kappa shape index (κ3) is 12.9. The minimum atomic E-state index is -1.50. The Morgan fingerprint density at radius 1 is 1.38 bits per heavy atom. The fraction of sp³-hybridized carbons (Fsp3) is 0.500. The zero-order valence-corrected chi connectivity index (χ0v) is 14.9. The second-order valence-corrected chi connectivity index (χ2v) is 5.98. The van der Waals surface area contributed by atoms with Crippen LogP contribution < -0.4 is 0 Å². The number of terminal acetylenes is 1. The van der Waals surface area contributed by atoms with Gasteiger partial charge in [0, 0.05) is 25.2 Å². The van der Waals surface area contributed by atoms with Gasteiger partial charge in [0.1, 0.15) is 0 Å². The molecule has 3 N–H and O–H groups in total. The molecule has 0 aliphatic carbocycles. The number of benzene rings is 1. The zero-order chi connectivity index (χ0) is 20.2. The number of carbonyl (C=O) groups is 1. The van der Waals surface area contributed by atoms with Crippen LogP contribution in [0.25, 0.3) is 0 Å². The highest BCUT2D eigenvalue weighted by Crippen LogP contribution is 2.16. The molecule has 1 fully saturated rings. The zero-order valence-electron chi connectivity index (χ0n) is 14.9. The van der Waals surface area contributed by atoms with E-state index in [0.29, 0.717) is 6.10 Å². The lowest BCUT2D eigenvalue weighted by Crippen LogP contribution is -2.15. The molecule has 0 saturated carbocycles. The van der Waals surface area contributed by atoms with Gasteiger partial charge in [-0.05, 0) is 45.2 Å². The molecule has 0 aromatic heterocycles. The Morgan fingerprint density at radius 2 is 1.92 bits per heavy atom. The van der Waals surface area contributed by atoms with Gasteiger partial charge in [0.25, 0.3) is 5.69 Å². The summed E-state index contributed by atoms with van der Waals surface area (Å²) in [7, 11) is 0. The molecule has 1 saturated heterocycles. The van der Waals surface area contributed by atoms with Gasteiger partial charge >= 0.3 is 5.97 Å². The lowest BCUT2D eigenvalue weighted by molar-refractivity contribution is -0.384.